The van der Waals surface area contributed by atoms with Crippen molar-refractivity contribution in [3.63, 3.8) is 0 Å². The molecule has 0 spiro atoms. The van der Waals surface area contributed by atoms with Gasteiger partial charge in [-0.25, -0.2) is 0 Å². The summed E-state index contributed by atoms with van der Waals surface area (Å²) in [5, 5.41) is 3.59. The smallest absolute Gasteiger partial charge is 0.0594 e. The Labute approximate surface area is 124 Å². The molecule has 1 aliphatic rings. The summed E-state index contributed by atoms with van der Waals surface area (Å²) < 4.78 is 6.56. The predicted molar refractivity (Wildman–Crippen MR) is 82.4 cm³/mol. The summed E-state index contributed by atoms with van der Waals surface area (Å²) in [6.07, 6.45) is 0. The van der Waals surface area contributed by atoms with Gasteiger partial charge in [0.25, 0.3) is 0 Å². The van der Waals surface area contributed by atoms with E-state index in [1.165, 1.54) is 15.6 Å². The minimum absolute atomic E-state index is 0.492. The molecule has 1 aromatic carbocycles. The largest absolute Gasteiger partial charge is 0.379 e. The van der Waals surface area contributed by atoms with Gasteiger partial charge in [0.05, 0.1) is 13.2 Å². The van der Waals surface area contributed by atoms with E-state index in [1.807, 2.05) is 0 Å². The van der Waals surface area contributed by atoms with Crippen molar-refractivity contribution in [2.24, 2.45) is 0 Å². The van der Waals surface area contributed by atoms with Gasteiger partial charge in [0.1, 0.15) is 0 Å². The van der Waals surface area contributed by atoms with Crippen molar-refractivity contribution >= 4 is 15.9 Å². The van der Waals surface area contributed by atoms with Crippen LogP contribution < -0.4 is 5.32 Å². The first-order valence-corrected chi connectivity index (χ1v) is 7.73. The van der Waals surface area contributed by atoms with Crippen molar-refractivity contribution in [2.45, 2.75) is 26.4 Å². The lowest BCUT2D eigenvalue weighted by atomic mass is 10.1. The Morgan fingerprint density at radius 3 is 2.79 bits per heavy atom. The molecule has 1 unspecified atom stereocenters. The van der Waals surface area contributed by atoms with E-state index in [2.05, 4.69) is 58.2 Å². The third-order valence-corrected chi connectivity index (χ3v) is 4.22. The molecule has 0 amide bonds. The molecular weight excluding hydrogens is 304 g/mol. The Balaban J connectivity index is 1.77. The van der Waals surface area contributed by atoms with Crippen LogP contribution in [0.1, 0.15) is 18.1 Å². The number of aryl methyl sites for hydroxylation is 1. The molecule has 1 saturated heterocycles. The molecule has 106 valence electrons. The molecular formula is C15H23BrN2O. The van der Waals surface area contributed by atoms with Gasteiger partial charge in [-0.2, -0.15) is 0 Å². The Bertz CT molecular complexity index is 405. The summed E-state index contributed by atoms with van der Waals surface area (Å²) in [5.74, 6) is 0. The fourth-order valence-electron chi connectivity index (χ4n) is 2.32. The number of rotatable bonds is 5. The normalized spacial score (nSPS) is 18.5. The number of ether oxygens (including phenoxy) is 1. The van der Waals surface area contributed by atoms with Crippen LogP contribution in [0.4, 0.5) is 0 Å². The van der Waals surface area contributed by atoms with Crippen LogP contribution >= 0.6 is 15.9 Å². The molecule has 1 aliphatic heterocycles. The van der Waals surface area contributed by atoms with E-state index in [0.717, 1.165) is 39.4 Å². The maximum Gasteiger partial charge on any atom is 0.0594 e. The van der Waals surface area contributed by atoms with Crippen molar-refractivity contribution in [3.8, 4) is 0 Å². The molecule has 4 heteroatoms. The minimum Gasteiger partial charge on any atom is -0.379 e. The molecule has 1 fully saturated rings. The molecule has 1 N–H and O–H groups in total. The first-order chi connectivity index (χ1) is 9.15. The lowest BCUT2D eigenvalue weighted by Crippen LogP contribution is -2.44. The van der Waals surface area contributed by atoms with Gasteiger partial charge in [0.15, 0.2) is 0 Å². The summed E-state index contributed by atoms with van der Waals surface area (Å²) in [6, 6.07) is 7.01. The number of nitrogens with one attached hydrogen (secondary N) is 1. The third kappa shape index (κ3) is 4.88. The molecule has 0 aliphatic carbocycles. The number of hydrogen-bond donors (Lipinski definition) is 1. The molecule has 0 bridgehead atoms. The predicted octanol–water partition coefficient (Wildman–Crippen LogP) is 2.57. The SMILES string of the molecule is Cc1ccc(CNC(C)CN2CCOCC2)c(Br)c1. The topological polar surface area (TPSA) is 24.5 Å². The standard InChI is InChI=1S/C15H23BrN2O/c1-12-3-4-14(15(16)9-12)10-17-13(2)11-18-5-7-19-8-6-18/h3-4,9,13,17H,5-8,10-11H2,1-2H3. The van der Waals surface area contributed by atoms with E-state index in [1.54, 1.807) is 0 Å². The highest BCUT2D eigenvalue weighted by molar-refractivity contribution is 9.10. The number of hydrogen-bond acceptors (Lipinski definition) is 3. The highest BCUT2D eigenvalue weighted by Crippen LogP contribution is 2.18. The van der Waals surface area contributed by atoms with Crippen LogP contribution in [0.2, 0.25) is 0 Å². The average Bonchev–Trinajstić information content (AvgIpc) is 2.39. The molecule has 0 saturated carbocycles. The summed E-state index contributed by atoms with van der Waals surface area (Å²) >= 11 is 3.63. The van der Waals surface area contributed by atoms with Crippen LogP contribution in [0.5, 0.6) is 0 Å². The lowest BCUT2D eigenvalue weighted by molar-refractivity contribution is 0.0343. The van der Waals surface area contributed by atoms with E-state index in [4.69, 9.17) is 4.74 Å². The van der Waals surface area contributed by atoms with E-state index in [0.29, 0.717) is 6.04 Å². The number of benzene rings is 1. The van der Waals surface area contributed by atoms with Crippen LogP contribution in [0.15, 0.2) is 22.7 Å². The van der Waals surface area contributed by atoms with Crippen LogP contribution in [0.25, 0.3) is 0 Å². The second-order valence-corrected chi connectivity index (χ2v) is 6.14. The average molecular weight is 327 g/mol. The van der Waals surface area contributed by atoms with Crippen LogP contribution in [-0.4, -0.2) is 43.8 Å². The quantitative estimate of drug-likeness (QED) is 0.900. The zero-order chi connectivity index (χ0) is 13.7. The fourth-order valence-corrected chi connectivity index (χ4v) is 2.95. The monoisotopic (exact) mass is 326 g/mol. The van der Waals surface area contributed by atoms with Crippen molar-refractivity contribution < 1.29 is 4.74 Å². The Morgan fingerprint density at radius 1 is 1.37 bits per heavy atom. The second-order valence-electron chi connectivity index (χ2n) is 5.29. The Morgan fingerprint density at radius 2 is 2.11 bits per heavy atom. The van der Waals surface area contributed by atoms with Crippen molar-refractivity contribution in [1.29, 1.82) is 0 Å². The summed E-state index contributed by atoms with van der Waals surface area (Å²) in [6.45, 7) is 10.2. The molecule has 3 nitrogen and oxygen atoms in total. The van der Waals surface area contributed by atoms with Gasteiger partial charge >= 0.3 is 0 Å². The number of nitrogens with zero attached hydrogens (tertiary/aromatic N) is 1. The molecule has 0 radical (unpaired) electrons. The van der Waals surface area contributed by atoms with Gasteiger partial charge in [-0.15, -0.1) is 0 Å². The molecule has 0 aromatic heterocycles. The highest BCUT2D eigenvalue weighted by atomic mass is 79.9. The molecule has 1 aromatic rings. The molecule has 2 rings (SSSR count). The van der Waals surface area contributed by atoms with Crippen LogP contribution in [0, 0.1) is 6.92 Å². The van der Waals surface area contributed by atoms with Crippen molar-refractivity contribution in [3.05, 3.63) is 33.8 Å². The molecule has 19 heavy (non-hydrogen) atoms. The van der Waals surface area contributed by atoms with Crippen LogP contribution in [-0.2, 0) is 11.3 Å². The highest BCUT2D eigenvalue weighted by Gasteiger charge is 2.13. The Hall–Kier alpha value is -0.420. The fraction of sp³-hybridized carbons (Fsp3) is 0.600. The zero-order valence-electron chi connectivity index (χ0n) is 11.8. The molecule has 1 atom stereocenters. The summed E-state index contributed by atoms with van der Waals surface area (Å²) in [4.78, 5) is 2.46. The van der Waals surface area contributed by atoms with Gasteiger partial charge in [0, 0.05) is 36.7 Å². The summed E-state index contributed by atoms with van der Waals surface area (Å²) in [5.41, 5.74) is 2.61. The Kier molecular flexibility index (Phi) is 5.82. The van der Waals surface area contributed by atoms with E-state index in [-0.39, 0.29) is 0 Å². The molecule has 1 heterocycles. The van der Waals surface area contributed by atoms with Gasteiger partial charge in [-0.1, -0.05) is 28.1 Å². The number of morpholine rings is 1. The van der Waals surface area contributed by atoms with E-state index < -0.39 is 0 Å². The van der Waals surface area contributed by atoms with Gasteiger partial charge < -0.3 is 10.1 Å². The lowest BCUT2D eigenvalue weighted by Gasteiger charge is -2.29. The van der Waals surface area contributed by atoms with E-state index in [9.17, 15) is 0 Å². The third-order valence-electron chi connectivity index (χ3n) is 3.49. The first kappa shape index (κ1) is 15.0. The maximum atomic E-state index is 5.37. The first-order valence-electron chi connectivity index (χ1n) is 6.93. The number of halogens is 1. The minimum atomic E-state index is 0.492. The maximum absolute atomic E-state index is 5.37. The van der Waals surface area contributed by atoms with Crippen LogP contribution in [0.3, 0.4) is 0 Å². The second kappa shape index (κ2) is 7.39. The van der Waals surface area contributed by atoms with Gasteiger partial charge in [-0.05, 0) is 31.0 Å². The zero-order valence-corrected chi connectivity index (χ0v) is 13.4. The summed E-state index contributed by atoms with van der Waals surface area (Å²) in [7, 11) is 0. The van der Waals surface area contributed by atoms with Gasteiger partial charge in [-0.3, -0.25) is 4.90 Å². The van der Waals surface area contributed by atoms with Crippen molar-refractivity contribution in [2.75, 3.05) is 32.8 Å². The van der Waals surface area contributed by atoms with Crippen molar-refractivity contribution in [1.82, 2.24) is 10.2 Å². The van der Waals surface area contributed by atoms with Gasteiger partial charge in [0.2, 0.25) is 0 Å². The van der Waals surface area contributed by atoms with E-state index >= 15 is 0 Å².